The average molecular weight is 378 g/mol. The number of ether oxygens (including phenoxy) is 1. The summed E-state index contributed by atoms with van der Waals surface area (Å²) in [5.74, 6) is 0. The Morgan fingerprint density at radius 3 is 2.26 bits per heavy atom. The highest BCUT2D eigenvalue weighted by atomic mass is 32.2. The second kappa shape index (κ2) is 6.32. The molecule has 1 unspecified atom stereocenters. The van der Waals surface area contributed by atoms with Gasteiger partial charge in [0, 0.05) is 0 Å². The van der Waals surface area contributed by atoms with Crippen LogP contribution in [-0.4, -0.2) is 14.0 Å². The monoisotopic (exact) mass is 378 g/mol. The fourth-order valence-corrected chi connectivity index (χ4v) is 5.16. The van der Waals surface area contributed by atoms with Crippen LogP contribution in [0.5, 0.6) is 0 Å². The Morgan fingerprint density at radius 2 is 1.56 bits per heavy atom. The highest BCUT2D eigenvalue weighted by Gasteiger charge is 2.40. The third kappa shape index (κ3) is 3.31. The summed E-state index contributed by atoms with van der Waals surface area (Å²) < 4.78 is 32.8. The van der Waals surface area contributed by atoms with Gasteiger partial charge in [0.1, 0.15) is 6.10 Å². The highest BCUT2D eigenvalue weighted by molar-refractivity contribution is 7.95. The molecule has 1 aliphatic heterocycles. The van der Waals surface area contributed by atoms with Crippen molar-refractivity contribution in [2.75, 3.05) is 0 Å². The van der Waals surface area contributed by atoms with E-state index in [1.165, 1.54) is 0 Å². The SMILES string of the molecule is Cc1ccc(S(=O)(=O)C2=CC(C)(C)OC2c2ccc3ccccc3c2)cc1. The van der Waals surface area contributed by atoms with Gasteiger partial charge in [-0.3, -0.25) is 0 Å². The smallest absolute Gasteiger partial charge is 0.205 e. The van der Waals surface area contributed by atoms with Crippen LogP contribution in [0, 0.1) is 6.92 Å². The van der Waals surface area contributed by atoms with Gasteiger partial charge in [-0.1, -0.05) is 54.1 Å². The third-order valence-electron chi connectivity index (χ3n) is 4.89. The molecule has 3 nitrogen and oxygen atoms in total. The summed E-state index contributed by atoms with van der Waals surface area (Å²) in [6.07, 6.45) is 1.12. The zero-order chi connectivity index (χ0) is 19.2. The van der Waals surface area contributed by atoms with Crippen molar-refractivity contribution < 1.29 is 13.2 Å². The van der Waals surface area contributed by atoms with Gasteiger partial charge < -0.3 is 4.74 Å². The van der Waals surface area contributed by atoms with Crippen LogP contribution in [-0.2, 0) is 14.6 Å². The van der Waals surface area contributed by atoms with Crippen molar-refractivity contribution in [3.8, 4) is 0 Å². The fraction of sp³-hybridized carbons (Fsp3) is 0.217. The molecular weight excluding hydrogens is 356 g/mol. The van der Waals surface area contributed by atoms with Crippen LogP contribution in [0.2, 0.25) is 0 Å². The first kappa shape index (κ1) is 18.0. The van der Waals surface area contributed by atoms with E-state index in [9.17, 15) is 8.42 Å². The maximum atomic E-state index is 13.3. The third-order valence-corrected chi connectivity index (χ3v) is 6.73. The van der Waals surface area contributed by atoms with Crippen molar-refractivity contribution >= 4 is 20.6 Å². The van der Waals surface area contributed by atoms with E-state index >= 15 is 0 Å². The molecule has 0 spiro atoms. The van der Waals surface area contributed by atoms with Gasteiger partial charge in [-0.15, -0.1) is 0 Å². The van der Waals surface area contributed by atoms with Crippen molar-refractivity contribution in [3.63, 3.8) is 0 Å². The van der Waals surface area contributed by atoms with Crippen LogP contribution in [0.25, 0.3) is 10.8 Å². The molecule has 1 aliphatic rings. The molecule has 0 radical (unpaired) electrons. The van der Waals surface area contributed by atoms with Crippen molar-refractivity contribution in [2.45, 2.75) is 37.4 Å². The Labute approximate surface area is 160 Å². The number of sulfone groups is 1. The molecule has 1 atom stereocenters. The molecule has 4 rings (SSSR count). The average Bonchev–Trinajstić information content (AvgIpc) is 2.98. The molecule has 0 bridgehead atoms. The second-order valence-electron chi connectivity index (χ2n) is 7.57. The minimum Gasteiger partial charge on any atom is -0.358 e. The van der Waals surface area contributed by atoms with Gasteiger partial charge in [0.25, 0.3) is 0 Å². The summed E-state index contributed by atoms with van der Waals surface area (Å²) in [5.41, 5.74) is 1.22. The Morgan fingerprint density at radius 1 is 0.889 bits per heavy atom. The zero-order valence-corrected chi connectivity index (χ0v) is 16.5. The minimum atomic E-state index is -3.64. The van der Waals surface area contributed by atoms with Crippen LogP contribution in [0.3, 0.4) is 0 Å². The molecule has 138 valence electrons. The Bertz CT molecular complexity index is 1140. The topological polar surface area (TPSA) is 43.4 Å². The fourth-order valence-electron chi connectivity index (χ4n) is 3.49. The molecule has 0 aliphatic carbocycles. The van der Waals surface area contributed by atoms with Gasteiger partial charge in [0.2, 0.25) is 9.84 Å². The summed E-state index contributed by atoms with van der Waals surface area (Å²) in [6, 6.07) is 21.0. The summed E-state index contributed by atoms with van der Waals surface area (Å²) in [7, 11) is -3.64. The zero-order valence-electron chi connectivity index (χ0n) is 15.6. The lowest BCUT2D eigenvalue weighted by atomic mass is 10.0. The van der Waals surface area contributed by atoms with E-state index in [0.717, 1.165) is 21.9 Å². The molecule has 0 fully saturated rings. The van der Waals surface area contributed by atoms with Crippen LogP contribution in [0.15, 0.2) is 82.6 Å². The molecular formula is C23H22O3S. The molecule has 0 saturated carbocycles. The first-order valence-corrected chi connectivity index (χ1v) is 10.5. The number of aryl methyl sites for hydroxylation is 1. The molecule has 27 heavy (non-hydrogen) atoms. The quantitative estimate of drug-likeness (QED) is 0.616. The normalized spacial score (nSPS) is 19.2. The van der Waals surface area contributed by atoms with Crippen molar-refractivity contribution in [1.82, 2.24) is 0 Å². The molecule has 4 heteroatoms. The lowest BCUT2D eigenvalue weighted by molar-refractivity contribution is -0.000380. The predicted molar refractivity (Wildman–Crippen MR) is 108 cm³/mol. The van der Waals surface area contributed by atoms with E-state index in [0.29, 0.717) is 9.80 Å². The van der Waals surface area contributed by atoms with Crippen molar-refractivity contribution in [2.24, 2.45) is 0 Å². The number of benzene rings is 3. The van der Waals surface area contributed by atoms with E-state index in [2.05, 4.69) is 0 Å². The van der Waals surface area contributed by atoms with Gasteiger partial charge in [-0.2, -0.15) is 0 Å². The second-order valence-corrected chi connectivity index (χ2v) is 9.52. The highest BCUT2D eigenvalue weighted by Crippen LogP contribution is 2.43. The molecule has 3 aromatic carbocycles. The Balaban J connectivity index is 1.82. The van der Waals surface area contributed by atoms with Gasteiger partial charge in [-0.05, 0) is 61.4 Å². The van der Waals surface area contributed by atoms with E-state index in [-0.39, 0.29) is 0 Å². The molecule has 0 aromatic heterocycles. The van der Waals surface area contributed by atoms with Crippen LogP contribution >= 0.6 is 0 Å². The van der Waals surface area contributed by atoms with Crippen LogP contribution < -0.4 is 0 Å². The molecule has 0 amide bonds. The number of rotatable bonds is 3. The Kier molecular flexibility index (Phi) is 4.21. The van der Waals surface area contributed by atoms with Gasteiger partial charge in [-0.25, -0.2) is 8.42 Å². The summed E-state index contributed by atoms with van der Waals surface area (Å²) in [4.78, 5) is 0.609. The van der Waals surface area contributed by atoms with Crippen LogP contribution in [0.4, 0.5) is 0 Å². The van der Waals surface area contributed by atoms with Crippen molar-refractivity contribution in [3.05, 3.63) is 88.8 Å². The lowest BCUT2D eigenvalue weighted by Crippen LogP contribution is -2.18. The predicted octanol–water partition coefficient (Wildman–Crippen LogP) is 5.36. The molecule has 1 heterocycles. The molecule has 0 N–H and O–H groups in total. The van der Waals surface area contributed by atoms with Gasteiger partial charge in [0.15, 0.2) is 0 Å². The van der Waals surface area contributed by atoms with Gasteiger partial charge >= 0.3 is 0 Å². The minimum absolute atomic E-state index is 0.298. The summed E-state index contributed by atoms with van der Waals surface area (Å²) in [5, 5.41) is 2.18. The summed E-state index contributed by atoms with van der Waals surface area (Å²) >= 11 is 0. The van der Waals surface area contributed by atoms with E-state index in [1.807, 2.05) is 75.4 Å². The van der Waals surface area contributed by atoms with E-state index < -0.39 is 21.5 Å². The number of hydrogen-bond acceptors (Lipinski definition) is 3. The number of fused-ring (bicyclic) bond motifs is 1. The first-order chi connectivity index (χ1) is 12.8. The lowest BCUT2D eigenvalue weighted by Gasteiger charge is -2.21. The molecule has 3 aromatic rings. The number of hydrogen-bond donors (Lipinski definition) is 0. The van der Waals surface area contributed by atoms with Gasteiger partial charge in [0.05, 0.1) is 15.4 Å². The summed E-state index contributed by atoms with van der Waals surface area (Å²) in [6.45, 7) is 5.72. The van der Waals surface area contributed by atoms with E-state index in [4.69, 9.17) is 4.74 Å². The standard InChI is InChI=1S/C23H22O3S/c1-16-8-12-20(13-9-16)27(24,25)21-15-23(2,3)26-22(21)19-11-10-17-6-4-5-7-18(17)14-19/h4-15,22H,1-3H3. The first-order valence-electron chi connectivity index (χ1n) is 8.97. The maximum absolute atomic E-state index is 13.3. The van der Waals surface area contributed by atoms with Crippen LogP contribution in [0.1, 0.15) is 31.1 Å². The van der Waals surface area contributed by atoms with Crippen molar-refractivity contribution in [1.29, 1.82) is 0 Å². The largest absolute Gasteiger partial charge is 0.358 e. The Hall–Kier alpha value is -2.43. The molecule has 0 saturated heterocycles. The van der Waals surface area contributed by atoms with E-state index in [1.54, 1.807) is 18.2 Å². The maximum Gasteiger partial charge on any atom is 0.205 e.